The lowest BCUT2D eigenvalue weighted by atomic mass is 10.2. The van der Waals surface area contributed by atoms with Crippen LogP contribution in [0.3, 0.4) is 0 Å². The molecule has 1 aromatic heterocycles. The lowest BCUT2D eigenvalue weighted by Crippen LogP contribution is -2.01. The van der Waals surface area contributed by atoms with Gasteiger partial charge in [-0.1, -0.05) is 30.3 Å². The fraction of sp³-hybridized carbons (Fsp3) is 0.231. The molecule has 1 aromatic carbocycles. The first-order valence-electron chi connectivity index (χ1n) is 5.68. The Morgan fingerprint density at radius 1 is 1.12 bits per heavy atom. The molecule has 1 aliphatic rings. The zero-order chi connectivity index (χ0) is 11.8. The molecule has 0 radical (unpaired) electrons. The Balaban J connectivity index is 2.00. The summed E-state index contributed by atoms with van der Waals surface area (Å²) in [4.78, 5) is 0. The molecule has 17 heavy (non-hydrogen) atoms. The normalized spacial score (nSPS) is 13.4. The van der Waals surface area contributed by atoms with Crippen molar-refractivity contribution in [3.05, 3.63) is 41.5 Å². The van der Waals surface area contributed by atoms with Crippen molar-refractivity contribution >= 4 is 5.69 Å². The van der Waals surface area contributed by atoms with Crippen molar-refractivity contribution in [1.82, 2.24) is 4.57 Å². The van der Waals surface area contributed by atoms with Gasteiger partial charge in [0, 0.05) is 12.1 Å². The molecule has 0 unspecified atom stereocenters. The molecule has 0 fully saturated rings. The van der Waals surface area contributed by atoms with Crippen LogP contribution in [0.1, 0.15) is 11.1 Å². The molecule has 0 saturated heterocycles. The minimum Gasteiger partial charge on any atom is -0.494 e. The van der Waals surface area contributed by atoms with Gasteiger partial charge in [0.05, 0.1) is 6.54 Å². The topological polar surface area (TPSA) is 57.4 Å². The van der Waals surface area contributed by atoms with Crippen molar-refractivity contribution < 1.29 is 10.2 Å². The van der Waals surface area contributed by atoms with E-state index >= 15 is 0 Å². The Labute approximate surface area is 99.1 Å². The third-order valence-corrected chi connectivity index (χ3v) is 3.17. The number of hydrogen-bond donors (Lipinski definition) is 3. The van der Waals surface area contributed by atoms with Crippen LogP contribution >= 0.6 is 0 Å². The molecule has 2 aromatic rings. The first-order chi connectivity index (χ1) is 8.27. The standard InChI is InChI=1S/C13H14N2O2/c16-12-10-6-7-14-11(10)13(17)15(12)8-9-4-2-1-3-5-9/h1-5,14,16-17H,6-8H2. The maximum absolute atomic E-state index is 10.1. The number of nitrogens with zero attached hydrogens (tertiary/aromatic N) is 1. The molecule has 0 aliphatic carbocycles. The van der Waals surface area contributed by atoms with Crippen LogP contribution in [0, 0.1) is 0 Å². The molecule has 0 saturated carbocycles. The van der Waals surface area contributed by atoms with Crippen molar-refractivity contribution in [2.45, 2.75) is 13.0 Å². The number of fused-ring (bicyclic) bond motifs is 1. The maximum atomic E-state index is 10.1. The van der Waals surface area contributed by atoms with Crippen LogP contribution in [0.25, 0.3) is 0 Å². The predicted molar refractivity (Wildman–Crippen MR) is 65.5 cm³/mol. The van der Waals surface area contributed by atoms with Crippen molar-refractivity contribution in [2.24, 2.45) is 0 Å². The van der Waals surface area contributed by atoms with E-state index in [-0.39, 0.29) is 11.8 Å². The molecule has 0 spiro atoms. The molecule has 4 heteroatoms. The summed E-state index contributed by atoms with van der Waals surface area (Å²) in [5.74, 6) is 0.296. The summed E-state index contributed by atoms with van der Waals surface area (Å²) < 4.78 is 1.53. The zero-order valence-electron chi connectivity index (χ0n) is 9.35. The summed E-state index contributed by atoms with van der Waals surface area (Å²) in [6.45, 7) is 1.26. The highest BCUT2D eigenvalue weighted by Gasteiger charge is 2.25. The van der Waals surface area contributed by atoms with Gasteiger partial charge in [0.1, 0.15) is 5.69 Å². The molecule has 3 rings (SSSR count). The third-order valence-electron chi connectivity index (χ3n) is 3.17. The summed E-state index contributed by atoms with van der Waals surface area (Å²) in [5.41, 5.74) is 2.55. The van der Waals surface area contributed by atoms with Crippen LogP contribution in [0.2, 0.25) is 0 Å². The average Bonchev–Trinajstić information content (AvgIpc) is 2.91. The van der Waals surface area contributed by atoms with Crippen LogP contribution in [0.5, 0.6) is 11.8 Å². The van der Waals surface area contributed by atoms with Gasteiger partial charge in [0.25, 0.3) is 0 Å². The summed E-state index contributed by atoms with van der Waals surface area (Å²) in [5, 5.41) is 23.2. The Kier molecular flexibility index (Phi) is 2.21. The van der Waals surface area contributed by atoms with Gasteiger partial charge < -0.3 is 15.5 Å². The second-order valence-electron chi connectivity index (χ2n) is 4.25. The van der Waals surface area contributed by atoms with E-state index in [1.807, 2.05) is 30.3 Å². The van der Waals surface area contributed by atoms with E-state index in [0.29, 0.717) is 12.2 Å². The van der Waals surface area contributed by atoms with Crippen LogP contribution in [-0.2, 0) is 13.0 Å². The number of anilines is 1. The fourth-order valence-electron chi connectivity index (χ4n) is 2.30. The number of nitrogens with one attached hydrogen (secondary N) is 1. The molecule has 4 nitrogen and oxygen atoms in total. The van der Waals surface area contributed by atoms with Crippen molar-refractivity contribution in [2.75, 3.05) is 11.9 Å². The van der Waals surface area contributed by atoms with E-state index in [9.17, 15) is 10.2 Å². The summed E-state index contributed by atoms with van der Waals surface area (Å²) in [6, 6.07) is 9.77. The Morgan fingerprint density at radius 3 is 2.59 bits per heavy atom. The molecule has 1 aliphatic heterocycles. The molecule has 88 valence electrons. The van der Waals surface area contributed by atoms with Crippen molar-refractivity contribution in [1.29, 1.82) is 0 Å². The monoisotopic (exact) mass is 230 g/mol. The van der Waals surface area contributed by atoms with Crippen LogP contribution in [-0.4, -0.2) is 21.3 Å². The number of aromatic hydroxyl groups is 2. The minimum absolute atomic E-state index is 0.124. The van der Waals surface area contributed by atoms with E-state index in [1.54, 1.807) is 0 Å². The van der Waals surface area contributed by atoms with Crippen LogP contribution in [0.15, 0.2) is 30.3 Å². The van der Waals surface area contributed by atoms with Crippen molar-refractivity contribution in [3.63, 3.8) is 0 Å². The van der Waals surface area contributed by atoms with E-state index in [4.69, 9.17) is 0 Å². The lowest BCUT2D eigenvalue weighted by Gasteiger charge is -2.08. The number of hydrogen-bond acceptors (Lipinski definition) is 3. The summed E-state index contributed by atoms with van der Waals surface area (Å²) >= 11 is 0. The maximum Gasteiger partial charge on any atom is 0.218 e. The number of rotatable bonds is 2. The quantitative estimate of drug-likeness (QED) is 0.738. The number of aromatic nitrogens is 1. The summed E-state index contributed by atoms with van der Waals surface area (Å²) in [6.07, 6.45) is 0.760. The van der Waals surface area contributed by atoms with Gasteiger partial charge in [0.2, 0.25) is 5.88 Å². The second-order valence-corrected chi connectivity index (χ2v) is 4.25. The van der Waals surface area contributed by atoms with Crippen LogP contribution in [0.4, 0.5) is 5.69 Å². The molecule has 0 bridgehead atoms. The van der Waals surface area contributed by atoms with Gasteiger partial charge in [-0.3, -0.25) is 4.57 Å². The molecule has 0 atom stereocenters. The Bertz CT molecular complexity index is 519. The SMILES string of the molecule is Oc1c2c(c(O)n1Cc1ccccc1)NCC2. The third kappa shape index (κ3) is 1.53. The predicted octanol–water partition coefficient (Wildman–Crippen LogP) is 1.92. The molecular weight excluding hydrogens is 216 g/mol. The van der Waals surface area contributed by atoms with E-state index in [1.165, 1.54) is 4.57 Å². The fourth-order valence-corrected chi connectivity index (χ4v) is 2.30. The van der Waals surface area contributed by atoms with Gasteiger partial charge in [-0.15, -0.1) is 0 Å². The van der Waals surface area contributed by atoms with Gasteiger partial charge in [-0.25, -0.2) is 0 Å². The second kappa shape index (κ2) is 3.73. The highest BCUT2D eigenvalue weighted by atomic mass is 16.3. The average molecular weight is 230 g/mol. The first kappa shape index (κ1) is 10.1. The highest BCUT2D eigenvalue weighted by Crippen LogP contribution is 2.41. The smallest absolute Gasteiger partial charge is 0.218 e. The Morgan fingerprint density at radius 2 is 1.88 bits per heavy atom. The zero-order valence-corrected chi connectivity index (χ0v) is 9.35. The summed E-state index contributed by atoms with van der Waals surface area (Å²) in [7, 11) is 0. The lowest BCUT2D eigenvalue weighted by molar-refractivity contribution is 0.375. The van der Waals surface area contributed by atoms with Gasteiger partial charge >= 0.3 is 0 Å². The Hall–Kier alpha value is -2.10. The van der Waals surface area contributed by atoms with Gasteiger partial charge in [-0.2, -0.15) is 0 Å². The van der Waals surface area contributed by atoms with E-state index in [0.717, 1.165) is 24.1 Å². The van der Waals surface area contributed by atoms with Crippen molar-refractivity contribution in [3.8, 4) is 11.8 Å². The molecular formula is C13H14N2O2. The number of benzene rings is 1. The molecule has 3 N–H and O–H groups in total. The minimum atomic E-state index is 0.124. The highest BCUT2D eigenvalue weighted by molar-refractivity contribution is 5.68. The van der Waals surface area contributed by atoms with E-state index in [2.05, 4.69) is 5.32 Å². The molecule has 0 amide bonds. The van der Waals surface area contributed by atoms with Crippen LogP contribution < -0.4 is 5.32 Å². The first-order valence-corrected chi connectivity index (χ1v) is 5.68. The molecule has 2 heterocycles. The van der Waals surface area contributed by atoms with Gasteiger partial charge in [0.15, 0.2) is 5.88 Å². The largest absolute Gasteiger partial charge is 0.494 e. The van der Waals surface area contributed by atoms with E-state index < -0.39 is 0 Å². The van der Waals surface area contributed by atoms with Gasteiger partial charge in [-0.05, 0) is 12.0 Å².